The van der Waals surface area contributed by atoms with Gasteiger partial charge in [-0.2, -0.15) is 5.10 Å². The zero-order valence-electron chi connectivity index (χ0n) is 13.8. The van der Waals surface area contributed by atoms with Crippen molar-refractivity contribution in [2.75, 3.05) is 6.61 Å². The molecule has 0 radical (unpaired) electrons. The van der Waals surface area contributed by atoms with Gasteiger partial charge in [0.05, 0.1) is 12.8 Å². The molecule has 0 saturated heterocycles. The molecule has 5 heteroatoms. The highest BCUT2D eigenvalue weighted by Gasteiger charge is 2.23. The van der Waals surface area contributed by atoms with Crippen LogP contribution >= 0.6 is 0 Å². The van der Waals surface area contributed by atoms with E-state index in [1.54, 1.807) is 17.8 Å². The minimum absolute atomic E-state index is 0.0441. The van der Waals surface area contributed by atoms with Crippen molar-refractivity contribution >= 4 is 11.8 Å². The predicted octanol–water partition coefficient (Wildman–Crippen LogP) is 3.27. The number of aryl methyl sites for hydroxylation is 2. The van der Waals surface area contributed by atoms with Crippen LogP contribution in [0.3, 0.4) is 0 Å². The van der Waals surface area contributed by atoms with Gasteiger partial charge >= 0.3 is 5.97 Å². The largest absolute Gasteiger partial charge is 0.466 e. The lowest BCUT2D eigenvalue weighted by Gasteiger charge is -2.16. The highest BCUT2D eigenvalue weighted by molar-refractivity contribution is 5.99. The summed E-state index contributed by atoms with van der Waals surface area (Å²) in [6.45, 7) is 6.01. The number of nitrogens with zero attached hydrogens (tertiary/aromatic N) is 2. The van der Waals surface area contributed by atoms with Crippen molar-refractivity contribution in [3.8, 4) is 0 Å². The number of aromatic nitrogens is 2. The monoisotopic (exact) mass is 314 g/mol. The number of Topliss-reactive ketones (excluding diaryl/α,β-unsaturated/α-hetero) is 1. The molecule has 0 spiro atoms. The summed E-state index contributed by atoms with van der Waals surface area (Å²) in [5.74, 6) is -0.338. The van der Waals surface area contributed by atoms with E-state index >= 15 is 0 Å². The summed E-state index contributed by atoms with van der Waals surface area (Å²) in [5.41, 5.74) is 2.69. The van der Waals surface area contributed by atoms with Crippen LogP contribution in [0.15, 0.2) is 36.7 Å². The summed E-state index contributed by atoms with van der Waals surface area (Å²) >= 11 is 0. The molecule has 0 aliphatic carbocycles. The first kappa shape index (κ1) is 16.9. The highest BCUT2D eigenvalue weighted by atomic mass is 16.5. The van der Waals surface area contributed by atoms with E-state index < -0.39 is 6.04 Å². The first-order valence-electron chi connectivity index (χ1n) is 7.78. The lowest BCUT2D eigenvalue weighted by Crippen LogP contribution is -2.22. The fourth-order valence-electron chi connectivity index (χ4n) is 2.38. The number of carbonyl (C=O) groups is 2. The predicted molar refractivity (Wildman–Crippen MR) is 87.4 cm³/mol. The smallest absolute Gasteiger partial charge is 0.305 e. The van der Waals surface area contributed by atoms with Crippen LogP contribution in [-0.4, -0.2) is 28.1 Å². The van der Waals surface area contributed by atoms with Crippen molar-refractivity contribution in [2.45, 2.75) is 39.7 Å². The average molecular weight is 314 g/mol. The summed E-state index contributed by atoms with van der Waals surface area (Å²) in [5, 5.41) is 4.25. The quantitative estimate of drug-likeness (QED) is 0.581. The summed E-state index contributed by atoms with van der Waals surface area (Å²) in [6.07, 6.45) is 4.09. The normalized spacial score (nSPS) is 12.0. The van der Waals surface area contributed by atoms with Gasteiger partial charge in [0.2, 0.25) is 0 Å². The van der Waals surface area contributed by atoms with Crippen molar-refractivity contribution in [1.82, 2.24) is 9.78 Å². The van der Waals surface area contributed by atoms with Crippen LogP contribution in [0.4, 0.5) is 0 Å². The maximum atomic E-state index is 12.8. The van der Waals surface area contributed by atoms with Crippen LogP contribution in [0.5, 0.6) is 0 Å². The average Bonchev–Trinajstić information content (AvgIpc) is 2.94. The minimum atomic E-state index is -0.504. The second-order valence-electron chi connectivity index (χ2n) is 5.59. The molecule has 0 amide bonds. The van der Waals surface area contributed by atoms with E-state index in [0.29, 0.717) is 18.6 Å². The van der Waals surface area contributed by atoms with Gasteiger partial charge in [-0.25, -0.2) is 0 Å². The maximum Gasteiger partial charge on any atom is 0.305 e. The number of esters is 1. The minimum Gasteiger partial charge on any atom is -0.466 e. The summed E-state index contributed by atoms with van der Waals surface area (Å²) < 4.78 is 6.59. The van der Waals surface area contributed by atoms with E-state index in [4.69, 9.17) is 4.74 Å². The van der Waals surface area contributed by atoms with E-state index in [1.807, 2.05) is 44.3 Å². The van der Waals surface area contributed by atoms with E-state index in [0.717, 1.165) is 11.1 Å². The molecular formula is C18H22N2O3. The van der Waals surface area contributed by atoms with E-state index in [2.05, 4.69) is 5.10 Å². The van der Waals surface area contributed by atoms with Crippen LogP contribution in [-0.2, 0) is 9.53 Å². The Balaban J connectivity index is 2.20. The lowest BCUT2D eigenvalue weighted by molar-refractivity contribution is -0.143. The third kappa shape index (κ3) is 4.52. The second-order valence-corrected chi connectivity index (χ2v) is 5.59. The van der Waals surface area contributed by atoms with Crippen LogP contribution in [0.2, 0.25) is 0 Å². The van der Waals surface area contributed by atoms with Gasteiger partial charge in [-0.3, -0.25) is 14.3 Å². The molecule has 1 aromatic carbocycles. The van der Waals surface area contributed by atoms with Crippen LogP contribution in [0.25, 0.3) is 0 Å². The van der Waals surface area contributed by atoms with Crippen LogP contribution in [0.1, 0.15) is 47.3 Å². The number of hydrogen-bond acceptors (Lipinski definition) is 4. The number of ketones is 1. The Kier molecular flexibility index (Phi) is 5.68. The molecule has 0 aliphatic heterocycles. The molecular weight excluding hydrogens is 292 g/mol. The molecule has 2 aromatic rings. The molecule has 5 nitrogen and oxygen atoms in total. The Hall–Kier alpha value is -2.43. The molecule has 0 N–H and O–H groups in total. The first-order chi connectivity index (χ1) is 11.0. The lowest BCUT2D eigenvalue weighted by atomic mass is 9.99. The van der Waals surface area contributed by atoms with Crippen molar-refractivity contribution in [3.63, 3.8) is 0 Å². The molecule has 0 bridgehead atoms. The number of hydrogen-bond donors (Lipinski definition) is 0. The Morgan fingerprint density at radius 2 is 1.87 bits per heavy atom. The molecule has 0 fully saturated rings. The first-order valence-corrected chi connectivity index (χ1v) is 7.78. The van der Waals surface area contributed by atoms with Crippen LogP contribution in [0, 0.1) is 13.8 Å². The molecule has 1 aromatic heterocycles. The molecule has 2 rings (SSSR count). The topological polar surface area (TPSA) is 61.2 Å². The highest BCUT2D eigenvalue weighted by Crippen LogP contribution is 2.21. The van der Waals surface area contributed by atoms with Gasteiger partial charge in [-0.05, 0) is 32.8 Å². The SMILES string of the molecule is CCOC(=O)CCC(C(=O)c1ccc(C)cc1)n1cc(C)cn1. The van der Waals surface area contributed by atoms with E-state index in [1.165, 1.54) is 0 Å². The summed E-state index contributed by atoms with van der Waals surface area (Å²) in [6, 6.07) is 6.93. The zero-order chi connectivity index (χ0) is 16.8. The molecule has 1 unspecified atom stereocenters. The number of rotatable bonds is 7. The number of carbonyl (C=O) groups excluding carboxylic acids is 2. The van der Waals surface area contributed by atoms with Crippen molar-refractivity contribution in [2.24, 2.45) is 0 Å². The molecule has 1 heterocycles. The van der Waals surface area contributed by atoms with Gasteiger partial charge in [-0.1, -0.05) is 29.8 Å². The van der Waals surface area contributed by atoms with E-state index in [-0.39, 0.29) is 18.2 Å². The standard InChI is InChI=1S/C18H22N2O3/c1-4-23-17(21)10-9-16(20-12-14(3)11-19-20)18(22)15-7-5-13(2)6-8-15/h5-8,11-12,16H,4,9-10H2,1-3H3. The molecule has 122 valence electrons. The van der Waals surface area contributed by atoms with Gasteiger partial charge in [-0.15, -0.1) is 0 Å². The van der Waals surface area contributed by atoms with Crippen molar-refractivity contribution in [3.05, 3.63) is 53.3 Å². The third-order valence-electron chi connectivity index (χ3n) is 3.62. The van der Waals surface area contributed by atoms with Gasteiger partial charge in [0, 0.05) is 18.2 Å². The zero-order valence-corrected chi connectivity index (χ0v) is 13.8. The fourth-order valence-corrected chi connectivity index (χ4v) is 2.38. The van der Waals surface area contributed by atoms with Gasteiger partial charge < -0.3 is 4.74 Å². The molecule has 0 saturated carbocycles. The van der Waals surface area contributed by atoms with Crippen molar-refractivity contribution in [1.29, 1.82) is 0 Å². The Labute approximate surface area is 136 Å². The molecule has 0 aliphatic rings. The Bertz CT molecular complexity index is 674. The van der Waals surface area contributed by atoms with Gasteiger partial charge in [0.15, 0.2) is 5.78 Å². The van der Waals surface area contributed by atoms with Crippen molar-refractivity contribution < 1.29 is 14.3 Å². The summed E-state index contributed by atoms with van der Waals surface area (Å²) in [4.78, 5) is 24.4. The Morgan fingerprint density at radius 3 is 2.43 bits per heavy atom. The Morgan fingerprint density at radius 1 is 1.17 bits per heavy atom. The van der Waals surface area contributed by atoms with Crippen LogP contribution < -0.4 is 0 Å². The fraction of sp³-hybridized carbons (Fsp3) is 0.389. The summed E-state index contributed by atoms with van der Waals surface area (Å²) in [7, 11) is 0. The maximum absolute atomic E-state index is 12.8. The van der Waals surface area contributed by atoms with Gasteiger partial charge in [0.25, 0.3) is 0 Å². The number of benzene rings is 1. The molecule has 1 atom stereocenters. The number of ether oxygens (including phenoxy) is 1. The molecule has 23 heavy (non-hydrogen) atoms. The third-order valence-corrected chi connectivity index (χ3v) is 3.62. The van der Waals surface area contributed by atoms with E-state index in [9.17, 15) is 9.59 Å². The van der Waals surface area contributed by atoms with Gasteiger partial charge in [0.1, 0.15) is 6.04 Å². The second kappa shape index (κ2) is 7.72.